The Morgan fingerprint density at radius 1 is 1.30 bits per heavy atom. The number of nitrogens with one attached hydrogen (secondary N) is 1. The lowest BCUT2D eigenvalue weighted by atomic mass is 10.0. The molecule has 0 amide bonds. The van der Waals surface area contributed by atoms with Crippen LogP contribution in [-0.2, 0) is 19.5 Å². The van der Waals surface area contributed by atoms with Crippen molar-refractivity contribution in [2.24, 2.45) is 0 Å². The summed E-state index contributed by atoms with van der Waals surface area (Å²) < 4.78 is 5.24. The molecule has 3 aromatic rings. The van der Waals surface area contributed by atoms with Gasteiger partial charge >= 0.3 is 0 Å². The molecule has 0 spiro atoms. The molecule has 138 valence electrons. The molecule has 1 aliphatic heterocycles. The summed E-state index contributed by atoms with van der Waals surface area (Å²) in [5.74, 6) is 1.41. The number of nitrogens with zero attached hydrogens (tertiary/aromatic N) is 3. The summed E-state index contributed by atoms with van der Waals surface area (Å²) in [5, 5.41) is 10.1. The summed E-state index contributed by atoms with van der Waals surface area (Å²) in [6.45, 7) is 1.81. The number of pyridine rings is 1. The molecule has 0 atom stereocenters. The fraction of sp³-hybridized carbons (Fsp3) is 0.250. The minimum absolute atomic E-state index is 0.107. The molecule has 4 rings (SSSR count). The number of aromatic amines is 1. The van der Waals surface area contributed by atoms with Gasteiger partial charge in [0.05, 0.1) is 12.8 Å². The van der Waals surface area contributed by atoms with E-state index in [0.717, 1.165) is 23.4 Å². The Kier molecular flexibility index (Phi) is 4.60. The number of ether oxygens (including phenoxy) is 1. The van der Waals surface area contributed by atoms with Gasteiger partial charge in [-0.25, -0.2) is 4.98 Å². The van der Waals surface area contributed by atoms with Crippen molar-refractivity contribution in [1.82, 2.24) is 19.9 Å². The minimum atomic E-state index is -0.107. The minimum Gasteiger partial charge on any atom is -0.508 e. The lowest BCUT2D eigenvalue weighted by molar-refractivity contribution is 0.237. The van der Waals surface area contributed by atoms with Gasteiger partial charge in [0.15, 0.2) is 5.82 Å². The Hall–Kier alpha value is -3.19. The summed E-state index contributed by atoms with van der Waals surface area (Å²) in [6.07, 6.45) is 2.29. The van der Waals surface area contributed by atoms with Gasteiger partial charge in [0.1, 0.15) is 17.2 Å². The summed E-state index contributed by atoms with van der Waals surface area (Å²) in [6, 6.07) is 10.7. The maximum absolute atomic E-state index is 12.5. The molecule has 0 radical (unpaired) electrons. The van der Waals surface area contributed by atoms with Crippen molar-refractivity contribution in [3.63, 3.8) is 0 Å². The van der Waals surface area contributed by atoms with Crippen LogP contribution in [0.25, 0.3) is 11.5 Å². The Morgan fingerprint density at radius 2 is 2.19 bits per heavy atom. The van der Waals surface area contributed by atoms with Gasteiger partial charge in [-0.2, -0.15) is 0 Å². The van der Waals surface area contributed by atoms with Gasteiger partial charge in [0, 0.05) is 37.0 Å². The molecule has 2 aromatic heterocycles. The van der Waals surface area contributed by atoms with Gasteiger partial charge in [-0.15, -0.1) is 0 Å². The molecule has 0 fully saturated rings. The molecule has 0 saturated carbocycles. The van der Waals surface area contributed by atoms with Crippen molar-refractivity contribution in [1.29, 1.82) is 0 Å². The first kappa shape index (κ1) is 17.2. The first-order valence-corrected chi connectivity index (χ1v) is 8.76. The van der Waals surface area contributed by atoms with Crippen LogP contribution in [0.2, 0.25) is 0 Å². The van der Waals surface area contributed by atoms with Crippen LogP contribution in [-0.4, -0.2) is 38.6 Å². The van der Waals surface area contributed by atoms with E-state index in [1.165, 1.54) is 0 Å². The van der Waals surface area contributed by atoms with E-state index in [2.05, 4.69) is 19.9 Å². The summed E-state index contributed by atoms with van der Waals surface area (Å²) in [7, 11) is 1.60. The van der Waals surface area contributed by atoms with E-state index in [1.54, 1.807) is 25.4 Å². The van der Waals surface area contributed by atoms with Gasteiger partial charge in [0.2, 0.25) is 0 Å². The lowest BCUT2D eigenvalue weighted by Gasteiger charge is -2.28. The van der Waals surface area contributed by atoms with E-state index in [-0.39, 0.29) is 11.3 Å². The normalized spacial score (nSPS) is 14.0. The standard InChI is InChI=1S/C20H20N4O3/c1-27-14-5-6-18(25)13(10-14)11-24-9-7-15-17(12-24)22-19(23-20(15)26)16-4-2-3-8-21-16/h2-6,8,10,25H,7,9,11-12H2,1H3,(H,22,23,26). The molecule has 0 bridgehead atoms. The van der Waals surface area contributed by atoms with Crippen LogP contribution in [0.5, 0.6) is 11.5 Å². The molecular formula is C20H20N4O3. The van der Waals surface area contributed by atoms with Crippen LogP contribution >= 0.6 is 0 Å². The zero-order valence-corrected chi connectivity index (χ0v) is 15.0. The number of fused-ring (bicyclic) bond motifs is 1. The van der Waals surface area contributed by atoms with Crippen molar-refractivity contribution in [2.45, 2.75) is 19.5 Å². The van der Waals surface area contributed by atoms with Gasteiger partial charge in [0.25, 0.3) is 5.56 Å². The predicted octanol–water partition coefficient (Wildman–Crippen LogP) is 2.10. The second-order valence-electron chi connectivity index (χ2n) is 6.51. The Labute approximate surface area is 156 Å². The third-order valence-electron chi connectivity index (χ3n) is 4.74. The molecule has 0 aliphatic carbocycles. The number of methoxy groups -OCH3 is 1. The van der Waals surface area contributed by atoms with E-state index >= 15 is 0 Å². The largest absolute Gasteiger partial charge is 0.508 e. The number of aromatic hydroxyl groups is 1. The van der Waals surface area contributed by atoms with Crippen molar-refractivity contribution >= 4 is 0 Å². The number of benzene rings is 1. The van der Waals surface area contributed by atoms with Crippen LogP contribution < -0.4 is 10.3 Å². The number of phenols is 1. The second-order valence-corrected chi connectivity index (χ2v) is 6.51. The van der Waals surface area contributed by atoms with Crippen molar-refractivity contribution in [3.8, 4) is 23.0 Å². The zero-order valence-electron chi connectivity index (χ0n) is 15.0. The highest BCUT2D eigenvalue weighted by atomic mass is 16.5. The van der Waals surface area contributed by atoms with Gasteiger partial charge in [-0.3, -0.25) is 14.7 Å². The summed E-state index contributed by atoms with van der Waals surface area (Å²) in [5.41, 5.74) is 2.80. The van der Waals surface area contributed by atoms with E-state index in [9.17, 15) is 9.90 Å². The monoisotopic (exact) mass is 364 g/mol. The predicted molar refractivity (Wildman–Crippen MR) is 101 cm³/mol. The first-order valence-electron chi connectivity index (χ1n) is 8.76. The maximum Gasteiger partial charge on any atom is 0.254 e. The average molecular weight is 364 g/mol. The average Bonchev–Trinajstić information content (AvgIpc) is 2.70. The smallest absolute Gasteiger partial charge is 0.254 e. The fourth-order valence-corrected chi connectivity index (χ4v) is 3.31. The Balaban J connectivity index is 1.61. The lowest BCUT2D eigenvalue weighted by Crippen LogP contribution is -2.35. The molecule has 7 nitrogen and oxygen atoms in total. The van der Waals surface area contributed by atoms with Crippen LogP contribution in [0.3, 0.4) is 0 Å². The quantitative estimate of drug-likeness (QED) is 0.737. The van der Waals surface area contributed by atoms with Crippen LogP contribution in [0, 0.1) is 0 Å². The van der Waals surface area contributed by atoms with E-state index in [4.69, 9.17) is 4.74 Å². The van der Waals surface area contributed by atoms with E-state index in [1.807, 2.05) is 24.3 Å². The number of hydrogen-bond acceptors (Lipinski definition) is 6. The van der Waals surface area contributed by atoms with Gasteiger partial charge in [-0.05, 0) is 36.8 Å². The molecule has 1 aliphatic rings. The number of rotatable bonds is 4. The molecule has 0 unspecified atom stereocenters. The molecule has 0 saturated heterocycles. The topological polar surface area (TPSA) is 91.3 Å². The Morgan fingerprint density at radius 3 is 2.96 bits per heavy atom. The van der Waals surface area contributed by atoms with Crippen LogP contribution in [0.4, 0.5) is 0 Å². The highest BCUT2D eigenvalue weighted by Crippen LogP contribution is 2.26. The zero-order chi connectivity index (χ0) is 18.8. The van der Waals surface area contributed by atoms with Crippen LogP contribution in [0.1, 0.15) is 16.8 Å². The highest BCUT2D eigenvalue weighted by Gasteiger charge is 2.22. The third kappa shape index (κ3) is 3.54. The van der Waals surface area contributed by atoms with Gasteiger partial charge in [-0.1, -0.05) is 6.07 Å². The maximum atomic E-state index is 12.5. The van der Waals surface area contributed by atoms with Crippen molar-refractivity contribution in [2.75, 3.05) is 13.7 Å². The fourth-order valence-electron chi connectivity index (χ4n) is 3.31. The molecule has 1 aromatic carbocycles. The SMILES string of the molecule is COc1ccc(O)c(CN2CCc3c(nc(-c4ccccn4)[nH]c3=O)C2)c1. The first-order chi connectivity index (χ1) is 13.1. The Bertz CT molecular complexity index is 1020. The van der Waals surface area contributed by atoms with Crippen molar-refractivity contribution in [3.05, 3.63) is 69.8 Å². The number of phenolic OH excluding ortho intramolecular Hbond substituents is 1. The molecule has 27 heavy (non-hydrogen) atoms. The molecule has 3 heterocycles. The summed E-state index contributed by atoms with van der Waals surface area (Å²) >= 11 is 0. The molecular weight excluding hydrogens is 344 g/mol. The number of H-pyrrole nitrogens is 1. The third-order valence-corrected chi connectivity index (χ3v) is 4.74. The van der Waals surface area contributed by atoms with Crippen LogP contribution in [0.15, 0.2) is 47.4 Å². The highest BCUT2D eigenvalue weighted by molar-refractivity contribution is 5.49. The molecule has 2 N–H and O–H groups in total. The van der Waals surface area contributed by atoms with Crippen molar-refractivity contribution < 1.29 is 9.84 Å². The number of aromatic nitrogens is 3. The van der Waals surface area contributed by atoms with E-state index < -0.39 is 0 Å². The van der Waals surface area contributed by atoms with Gasteiger partial charge < -0.3 is 14.8 Å². The summed E-state index contributed by atoms with van der Waals surface area (Å²) in [4.78, 5) is 26.4. The number of hydrogen-bond donors (Lipinski definition) is 2. The second kappa shape index (κ2) is 7.20. The molecule has 7 heteroatoms. The van der Waals surface area contributed by atoms with E-state index in [0.29, 0.717) is 36.8 Å².